The van der Waals surface area contributed by atoms with Gasteiger partial charge < -0.3 is 5.32 Å². The van der Waals surface area contributed by atoms with Gasteiger partial charge in [-0.05, 0) is 37.1 Å². The fraction of sp³-hybridized carbons (Fsp3) is 0.200. The van der Waals surface area contributed by atoms with Gasteiger partial charge in [0.05, 0.1) is 6.42 Å². The quantitative estimate of drug-likeness (QED) is 0.870. The van der Waals surface area contributed by atoms with Gasteiger partial charge in [-0.25, -0.2) is 4.98 Å². The number of pyridine rings is 1. The molecule has 4 heteroatoms. The molecule has 1 heterocycles. The van der Waals surface area contributed by atoms with Crippen LogP contribution in [0.1, 0.15) is 16.7 Å². The molecule has 3 nitrogen and oxygen atoms in total. The van der Waals surface area contributed by atoms with Gasteiger partial charge in [-0.2, -0.15) is 0 Å². The highest BCUT2D eigenvalue weighted by Crippen LogP contribution is 2.14. The van der Waals surface area contributed by atoms with Crippen LogP contribution in [0.5, 0.6) is 0 Å². The van der Waals surface area contributed by atoms with E-state index in [1.165, 1.54) is 0 Å². The van der Waals surface area contributed by atoms with Crippen LogP contribution in [0.3, 0.4) is 0 Å². The number of aryl methyl sites for hydroxylation is 2. The molecule has 0 saturated heterocycles. The highest BCUT2D eigenvalue weighted by atomic mass is 35.5. The Balaban J connectivity index is 2.07. The first kappa shape index (κ1) is 13.6. The maximum Gasteiger partial charge on any atom is 0.228 e. The Morgan fingerprint density at radius 1 is 1.26 bits per heavy atom. The van der Waals surface area contributed by atoms with E-state index in [4.69, 9.17) is 11.6 Å². The summed E-state index contributed by atoms with van der Waals surface area (Å²) in [6, 6.07) is 9.45. The molecule has 0 atom stereocenters. The van der Waals surface area contributed by atoms with Crippen LogP contribution < -0.4 is 5.32 Å². The summed E-state index contributed by atoms with van der Waals surface area (Å²) in [5, 5.41) is 3.18. The van der Waals surface area contributed by atoms with E-state index in [9.17, 15) is 4.79 Å². The van der Waals surface area contributed by atoms with Gasteiger partial charge in [0.2, 0.25) is 5.91 Å². The first-order valence-corrected chi connectivity index (χ1v) is 6.40. The Morgan fingerprint density at radius 3 is 2.79 bits per heavy atom. The summed E-state index contributed by atoms with van der Waals surface area (Å²) in [5.74, 6) is -0.0593. The molecule has 0 saturated carbocycles. The highest BCUT2D eigenvalue weighted by Gasteiger charge is 2.07. The van der Waals surface area contributed by atoms with Gasteiger partial charge in [0.25, 0.3) is 0 Å². The average Bonchev–Trinajstić information content (AvgIpc) is 2.34. The van der Waals surface area contributed by atoms with Crippen LogP contribution in [0.25, 0.3) is 0 Å². The van der Waals surface area contributed by atoms with E-state index in [0.29, 0.717) is 17.3 Å². The van der Waals surface area contributed by atoms with Crippen molar-refractivity contribution in [2.45, 2.75) is 20.3 Å². The van der Waals surface area contributed by atoms with E-state index >= 15 is 0 Å². The smallest absolute Gasteiger partial charge is 0.228 e. The SMILES string of the molecule is Cc1ccc(C)c(CC(=O)Nc2ccnc(Cl)c2)c1. The number of hydrogen-bond donors (Lipinski definition) is 1. The topological polar surface area (TPSA) is 42.0 Å². The Bertz CT molecular complexity index is 611. The van der Waals surface area contributed by atoms with Gasteiger partial charge in [0.1, 0.15) is 5.15 Å². The third-order valence-electron chi connectivity index (χ3n) is 2.87. The van der Waals surface area contributed by atoms with Crippen molar-refractivity contribution in [3.05, 3.63) is 58.4 Å². The fourth-order valence-corrected chi connectivity index (χ4v) is 2.02. The summed E-state index contributed by atoms with van der Waals surface area (Å²) in [7, 11) is 0. The van der Waals surface area contributed by atoms with E-state index < -0.39 is 0 Å². The molecule has 0 radical (unpaired) electrons. The number of amides is 1. The molecule has 1 aromatic heterocycles. The molecule has 98 valence electrons. The van der Waals surface area contributed by atoms with Crippen LogP contribution in [-0.4, -0.2) is 10.9 Å². The fourth-order valence-electron chi connectivity index (χ4n) is 1.85. The van der Waals surface area contributed by atoms with Crippen molar-refractivity contribution in [2.24, 2.45) is 0 Å². The number of aromatic nitrogens is 1. The van der Waals surface area contributed by atoms with Crippen molar-refractivity contribution < 1.29 is 4.79 Å². The number of hydrogen-bond acceptors (Lipinski definition) is 2. The summed E-state index contributed by atoms with van der Waals surface area (Å²) in [5.41, 5.74) is 3.97. The molecule has 0 bridgehead atoms. The van der Waals surface area contributed by atoms with Crippen LogP contribution >= 0.6 is 11.6 Å². The third-order valence-corrected chi connectivity index (χ3v) is 3.07. The number of nitrogens with zero attached hydrogens (tertiary/aromatic N) is 1. The van der Waals surface area contributed by atoms with Crippen molar-refractivity contribution >= 4 is 23.2 Å². The summed E-state index contributed by atoms with van der Waals surface area (Å²) in [4.78, 5) is 15.9. The molecule has 2 aromatic rings. The maximum atomic E-state index is 12.0. The summed E-state index contributed by atoms with van der Waals surface area (Å²) < 4.78 is 0. The highest BCUT2D eigenvalue weighted by molar-refractivity contribution is 6.29. The lowest BCUT2D eigenvalue weighted by molar-refractivity contribution is -0.115. The Hall–Kier alpha value is -1.87. The average molecular weight is 275 g/mol. The number of halogens is 1. The van der Waals surface area contributed by atoms with Gasteiger partial charge in [0, 0.05) is 11.9 Å². The molecule has 1 amide bonds. The summed E-state index contributed by atoms with van der Waals surface area (Å²) in [6.07, 6.45) is 1.92. The number of nitrogens with one attached hydrogen (secondary N) is 1. The van der Waals surface area contributed by atoms with E-state index in [0.717, 1.165) is 16.7 Å². The van der Waals surface area contributed by atoms with Crippen LogP contribution in [0.4, 0.5) is 5.69 Å². The second-order valence-corrected chi connectivity index (χ2v) is 4.91. The number of benzene rings is 1. The number of carbonyl (C=O) groups is 1. The third kappa shape index (κ3) is 3.80. The van der Waals surface area contributed by atoms with Gasteiger partial charge >= 0.3 is 0 Å². The molecular formula is C15H15ClN2O. The molecule has 0 spiro atoms. The van der Waals surface area contributed by atoms with Crippen LogP contribution in [-0.2, 0) is 11.2 Å². The van der Waals surface area contributed by atoms with E-state index in [2.05, 4.69) is 10.3 Å². The number of rotatable bonds is 3. The van der Waals surface area contributed by atoms with Gasteiger partial charge in [-0.1, -0.05) is 35.4 Å². The van der Waals surface area contributed by atoms with Crippen molar-refractivity contribution in [3.8, 4) is 0 Å². The van der Waals surface area contributed by atoms with E-state index in [1.807, 2.05) is 32.0 Å². The van der Waals surface area contributed by atoms with Crippen molar-refractivity contribution in [1.29, 1.82) is 0 Å². The Labute approximate surface area is 117 Å². The first-order chi connectivity index (χ1) is 9.04. The Morgan fingerprint density at radius 2 is 2.05 bits per heavy atom. The minimum atomic E-state index is -0.0593. The zero-order valence-electron chi connectivity index (χ0n) is 10.9. The minimum absolute atomic E-state index is 0.0593. The lowest BCUT2D eigenvalue weighted by Crippen LogP contribution is -2.15. The molecule has 0 aliphatic carbocycles. The van der Waals surface area contributed by atoms with E-state index in [1.54, 1.807) is 18.3 Å². The minimum Gasteiger partial charge on any atom is -0.326 e. The lowest BCUT2D eigenvalue weighted by atomic mass is 10.0. The molecule has 0 aliphatic heterocycles. The van der Waals surface area contributed by atoms with Gasteiger partial charge in [-0.3, -0.25) is 4.79 Å². The predicted octanol–water partition coefficient (Wildman–Crippen LogP) is 3.53. The molecule has 0 unspecified atom stereocenters. The second-order valence-electron chi connectivity index (χ2n) is 4.52. The molecule has 0 aliphatic rings. The summed E-state index contributed by atoms with van der Waals surface area (Å²) in [6.45, 7) is 4.02. The Kier molecular flexibility index (Phi) is 4.17. The standard InChI is InChI=1S/C15H15ClN2O/c1-10-3-4-11(2)12(7-10)8-15(19)18-13-5-6-17-14(16)9-13/h3-7,9H,8H2,1-2H3,(H,17,18,19). The van der Waals surface area contributed by atoms with Crippen LogP contribution in [0, 0.1) is 13.8 Å². The molecule has 1 aromatic carbocycles. The monoisotopic (exact) mass is 274 g/mol. The van der Waals surface area contributed by atoms with E-state index in [-0.39, 0.29) is 5.91 Å². The normalized spacial score (nSPS) is 10.3. The van der Waals surface area contributed by atoms with Gasteiger partial charge in [-0.15, -0.1) is 0 Å². The zero-order valence-corrected chi connectivity index (χ0v) is 11.7. The summed E-state index contributed by atoms with van der Waals surface area (Å²) >= 11 is 5.77. The largest absolute Gasteiger partial charge is 0.326 e. The predicted molar refractivity (Wildman–Crippen MR) is 77.5 cm³/mol. The number of carbonyl (C=O) groups excluding carboxylic acids is 1. The maximum absolute atomic E-state index is 12.0. The lowest BCUT2D eigenvalue weighted by Gasteiger charge is -2.08. The molecule has 0 fully saturated rings. The van der Waals surface area contributed by atoms with Crippen molar-refractivity contribution in [1.82, 2.24) is 4.98 Å². The second kappa shape index (κ2) is 5.85. The van der Waals surface area contributed by atoms with Crippen molar-refractivity contribution in [3.63, 3.8) is 0 Å². The zero-order chi connectivity index (χ0) is 13.8. The van der Waals surface area contributed by atoms with Gasteiger partial charge in [0.15, 0.2) is 0 Å². The van der Waals surface area contributed by atoms with Crippen molar-refractivity contribution in [2.75, 3.05) is 5.32 Å². The number of anilines is 1. The first-order valence-electron chi connectivity index (χ1n) is 6.02. The molecule has 1 N–H and O–H groups in total. The molecule has 19 heavy (non-hydrogen) atoms. The molecular weight excluding hydrogens is 260 g/mol. The van der Waals surface area contributed by atoms with Crippen LogP contribution in [0.2, 0.25) is 5.15 Å². The van der Waals surface area contributed by atoms with Crippen LogP contribution in [0.15, 0.2) is 36.5 Å². The molecule has 2 rings (SSSR count).